The van der Waals surface area contributed by atoms with E-state index in [1.54, 1.807) is 0 Å². The number of allylic oxidation sites excluding steroid dienone is 8. The number of rotatable bonds is 0. The van der Waals surface area contributed by atoms with Gasteiger partial charge in [-0.25, -0.2) is 0 Å². The van der Waals surface area contributed by atoms with E-state index in [2.05, 4.69) is 60.7 Å². The van der Waals surface area contributed by atoms with Gasteiger partial charge in [0.15, 0.2) is 0 Å². The molecule has 2 aromatic rings. The van der Waals surface area contributed by atoms with Gasteiger partial charge in [-0.1, -0.05) is 48.6 Å². The fraction of sp³-hybridized carbons (Fsp3) is 0.0909. The zero-order valence-corrected chi connectivity index (χ0v) is 14.9. The SMILES string of the molecule is C1=CCC=C1.C1=CCC=C1.[Ti+2].[c-]1ccccc1.[c-]1ccccc1. The van der Waals surface area contributed by atoms with Crippen molar-refractivity contribution < 1.29 is 21.7 Å². The van der Waals surface area contributed by atoms with E-state index in [0.717, 1.165) is 12.8 Å². The van der Waals surface area contributed by atoms with Crippen molar-refractivity contribution in [2.24, 2.45) is 0 Å². The fourth-order valence-electron chi connectivity index (χ4n) is 1.47. The summed E-state index contributed by atoms with van der Waals surface area (Å²) in [7, 11) is 0. The zero-order valence-electron chi connectivity index (χ0n) is 13.3. The van der Waals surface area contributed by atoms with Crippen molar-refractivity contribution in [2.45, 2.75) is 12.8 Å². The minimum Gasteiger partial charge on any atom is -0.184 e. The van der Waals surface area contributed by atoms with Gasteiger partial charge in [0.05, 0.1) is 0 Å². The molecule has 2 aliphatic rings. The van der Waals surface area contributed by atoms with Crippen LogP contribution in [0.4, 0.5) is 0 Å². The maximum absolute atomic E-state index is 2.89. The molecular weight excluding hydrogens is 312 g/mol. The summed E-state index contributed by atoms with van der Waals surface area (Å²) in [6.45, 7) is 0. The van der Waals surface area contributed by atoms with Gasteiger partial charge in [0.1, 0.15) is 0 Å². The molecule has 0 N–H and O–H groups in total. The van der Waals surface area contributed by atoms with Crippen molar-refractivity contribution in [2.75, 3.05) is 0 Å². The van der Waals surface area contributed by atoms with Crippen molar-refractivity contribution in [1.82, 2.24) is 0 Å². The summed E-state index contributed by atoms with van der Waals surface area (Å²) in [4.78, 5) is 0. The Morgan fingerprint density at radius 3 is 0.826 bits per heavy atom. The van der Waals surface area contributed by atoms with Crippen molar-refractivity contribution >= 4 is 0 Å². The van der Waals surface area contributed by atoms with E-state index in [4.69, 9.17) is 0 Å². The second kappa shape index (κ2) is 18.2. The Labute approximate surface area is 155 Å². The van der Waals surface area contributed by atoms with Crippen LogP contribution in [0.2, 0.25) is 0 Å². The molecular formula is C22H22Ti. The first-order valence-corrected chi connectivity index (χ1v) is 7.45. The first kappa shape index (κ1) is 21.1. The smallest absolute Gasteiger partial charge is 0.184 e. The Kier molecular flexibility index (Phi) is 16.7. The van der Waals surface area contributed by atoms with Gasteiger partial charge in [-0.05, 0) is 12.8 Å². The standard InChI is InChI=1S/2C6H5.2C5H6.Ti/c2*1-2-4-6-5-3-1;2*1-2-4-5-3-1;/h2*1-5H;2*1-4H,5H2;/q2*-1;;;+2. The fourth-order valence-corrected chi connectivity index (χ4v) is 1.47. The number of benzene rings is 2. The molecule has 0 saturated carbocycles. The van der Waals surface area contributed by atoms with E-state index in [1.165, 1.54) is 0 Å². The minimum atomic E-state index is 0. The molecule has 0 heterocycles. The predicted octanol–water partition coefficient (Wildman–Crippen LogP) is 5.98. The molecule has 0 amide bonds. The van der Waals surface area contributed by atoms with Gasteiger partial charge in [-0.2, -0.15) is 72.8 Å². The quantitative estimate of drug-likeness (QED) is 0.411. The first-order chi connectivity index (χ1) is 11.0. The van der Waals surface area contributed by atoms with Crippen molar-refractivity contribution in [3.8, 4) is 0 Å². The third kappa shape index (κ3) is 16.3. The molecule has 1 heteroatoms. The topological polar surface area (TPSA) is 0 Å². The second-order valence-electron chi connectivity index (χ2n) is 4.34. The molecule has 114 valence electrons. The van der Waals surface area contributed by atoms with Gasteiger partial charge in [0, 0.05) is 0 Å². The van der Waals surface area contributed by atoms with Gasteiger partial charge in [0.25, 0.3) is 0 Å². The van der Waals surface area contributed by atoms with Crippen LogP contribution in [0.3, 0.4) is 0 Å². The summed E-state index contributed by atoms with van der Waals surface area (Å²) in [5.74, 6) is 0. The summed E-state index contributed by atoms with van der Waals surface area (Å²) in [6.07, 6.45) is 19.0. The molecule has 0 unspecified atom stereocenters. The molecule has 0 saturated heterocycles. The summed E-state index contributed by atoms with van der Waals surface area (Å²) in [5, 5.41) is 0. The van der Waals surface area contributed by atoms with E-state index in [1.807, 2.05) is 60.7 Å². The number of hydrogen-bond acceptors (Lipinski definition) is 0. The molecule has 0 bridgehead atoms. The molecule has 0 radical (unpaired) electrons. The summed E-state index contributed by atoms with van der Waals surface area (Å²) >= 11 is 0. The molecule has 0 fully saturated rings. The third-order valence-corrected chi connectivity index (χ3v) is 2.53. The van der Waals surface area contributed by atoms with Crippen LogP contribution in [0.15, 0.2) is 109 Å². The molecule has 0 spiro atoms. The Balaban J connectivity index is 0.000000278. The average molecular weight is 334 g/mol. The Morgan fingerprint density at radius 1 is 0.435 bits per heavy atom. The normalized spacial score (nSPS) is 11.8. The molecule has 2 aliphatic carbocycles. The maximum atomic E-state index is 2.89. The van der Waals surface area contributed by atoms with Gasteiger partial charge in [-0.3, -0.25) is 0 Å². The van der Waals surface area contributed by atoms with Crippen LogP contribution in [0, 0.1) is 12.1 Å². The van der Waals surface area contributed by atoms with Crippen LogP contribution in [-0.4, -0.2) is 0 Å². The van der Waals surface area contributed by atoms with Crippen molar-refractivity contribution in [3.63, 3.8) is 0 Å². The molecule has 0 aliphatic heterocycles. The first-order valence-electron chi connectivity index (χ1n) is 7.45. The Morgan fingerprint density at radius 2 is 0.739 bits per heavy atom. The molecule has 2 aromatic carbocycles. The van der Waals surface area contributed by atoms with Crippen LogP contribution >= 0.6 is 0 Å². The van der Waals surface area contributed by atoms with Gasteiger partial charge in [-0.15, -0.1) is 0 Å². The summed E-state index contributed by atoms with van der Waals surface area (Å²) in [5.41, 5.74) is 0. The van der Waals surface area contributed by atoms with E-state index in [-0.39, 0.29) is 21.7 Å². The average Bonchev–Trinajstić information content (AvgIpc) is 3.37. The molecule has 0 atom stereocenters. The largest absolute Gasteiger partial charge is 2.00 e. The molecule has 0 aromatic heterocycles. The summed E-state index contributed by atoms with van der Waals surface area (Å²) < 4.78 is 0. The molecule has 0 nitrogen and oxygen atoms in total. The zero-order chi connectivity index (χ0) is 15.6. The maximum Gasteiger partial charge on any atom is 2.00 e. The van der Waals surface area contributed by atoms with Crippen LogP contribution in [0.5, 0.6) is 0 Å². The molecule has 23 heavy (non-hydrogen) atoms. The third-order valence-electron chi connectivity index (χ3n) is 2.53. The Hall–Kier alpha value is -1.89. The predicted molar refractivity (Wildman–Crippen MR) is 96.4 cm³/mol. The van der Waals surface area contributed by atoms with E-state index in [9.17, 15) is 0 Å². The van der Waals surface area contributed by atoms with Gasteiger partial charge in [0.2, 0.25) is 0 Å². The van der Waals surface area contributed by atoms with Crippen LogP contribution in [0.25, 0.3) is 0 Å². The van der Waals surface area contributed by atoms with Crippen LogP contribution < -0.4 is 0 Å². The van der Waals surface area contributed by atoms with Crippen LogP contribution in [-0.2, 0) is 21.7 Å². The van der Waals surface area contributed by atoms with E-state index in [0.29, 0.717) is 0 Å². The Bertz CT molecular complexity index is 424. The minimum absolute atomic E-state index is 0. The van der Waals surface area contributed by atoms with Crippen molar-refractivity contribution in [1.29, 1.82) is 0 Å². The van der Waals surface area contributed by atoms with E-state index < -0.39 is 0 Å². The monoisotopic (exact) mass is 334 g/mol. The second-order valence-corrected chi connectivity index (χ2v) is 4.34. The van der Waals surface area contributed by atoms with E-state index >= 15 is 0 Å². The van der Waals surface area contributed by atoms with Crippen molar-refractivity contribution in [3.05, 3.63) is 121 Å². The van der Waals surface area contributed by atoms with Gasteiger partial charge >= 0.3 is 21.7 Å². The van der Waals surface area contributed by atoms with Gasteiger partial charge < -0.3 is 0 Å². The summed E-state index contributed by atoms with van der Waals surface area (Å²) in [6, 6.07) is 25.0. The number of hydrogen-bond donors (Lipinski definition) is 0. The molecule has 4 rings (SSSR count). The van der Waals surface area contributed by atoms with Crippen LogP contribution in [0.1, 0.15) is 12.8 Å².